The van der Waals surface area contributed by atoms with Crippen molar-refractivity contribution < 1.29 is 19.0 Å². The quantitative estimate of drug-likeness (QED) is 0.446. The molecular weight excluding hydrogens is 384 g/mol. The largest absolute Gasteiger partial charge is 0.462 e. The van der Waals surface area contributed by atoms with Crippen LogP contribution in [-0.2, 0) is 4.74 Å². The topological polar surface area (TPSA) is 119 Å². The number of nitrogens with two attached hydrogens (primary N) is 1. The van der Waals surface area contributed by atoms with E-state index in [1.165, 1.54) is 0 Å². The Kier molecular flexibility index (Phi) is 6.46. The zero-order chi connectivity index (χ0) is 21.7. The molecule has 0 aliphatic carbocycles. The lowest BCUT2D eigenvalue weighted by Crippen LogP contribution is -2.21. The number of hydrogen-bond donors (Lipinski definition) is 2. The second-order valence-electron chi connectivity index (χ2n) is 6.77. The molecule has 0 atom stereocenters. The molecule has 0 amide bonds. The maximum Gasteiger partial charge on any atom is 0.338 e. The molecule has 1 aliphatic rings. The second kappa shape index (κ2) is 9.21. The highest BCUT2D eigenvalue weighted by Gasteiger charge is 2.16. The van der Waals surface area contributed by atoms with Crippen molar-refractivity contribution >= 4 is 23.7 Å². The number of aliphatic imine (C=N–C) groups is 2. The summed E-state index contributed by atoms with van der Waals surface area (Å²) in [7, 11) is 0. The fraction of sp³-hybridized carbons (Fsp3) is 0.273. The van der Waals surface area contributed by atoms with Crippen LogP contribution in [-0.4, -0.2) is 36.9 Å². The average molecular weight is 408 g/mol. The molecule has 156 valence electrons. The molecule has 2 aromatic carbocycles. The molecule has 3 N–H and O–H groups in total. The number of aryl methyl sites for hydroxylation is 2. The minimum Gasteiger partial charge on any atom is -0.462 e. The van der Waals surface area contributed by atoms with Crippen LogP contribution in [0.1, 0.15) is 40.4 Å². The Morgan fingerprint density at radius 1 is 1.13 bits per heavy atom. The summed E-state index contributed by atoms with van der Waals surface area (Å²) in [6, 6.07) is 10.6. The molecule has 1 aliphatic heterocycles. The summed E-state index contributed by atoms with van der Waals surface area (Å²) in [6.45, 7) is 6.27. The van der Waals surface area contributed by atoms with Gasteiger partial charge >= 0.3 is 12.0 Å². The highest BCUT2D eigenvalue weighted by molar-refractivity contribution is 5.97. The number of hydrogen-bond acceptors (Lipinski definition) is 7. The van der Waals surface area contributed by atoms with E-state index in [-0.39, 0.29) is 11.9 Å². The van der Waals surface area contributed by atoms with Gasteiger partial charge in [0.1, 0.15) is 17.3 Å². The van der Waals surface area contributed by atoms with E-state index < -0.39 is 5.97 Å². The molecule has 0 spiro atoms. The molecule has 0 fully saturated rings. The first-order chi connectivity index (χ1) is 14.4. The van der Waals surface area contributed by atoms with E-state index in [9.17, 15) is 4.79 Å². The first kappa shape index (κ1) is 21.0. The summed E-state index contributed by atoms with van der Waals surface area (Å²) in [5.74, 6) is 0.998. The lowest BCUT2D eigenvalue weighted by atomic mass is 10.1. The van der Waals surface area contributed by atoms with E-state index in [4.69, 9.17) is 25.4 Å². The minimum atomic E-state index is -0.400. The molecule has 2 aromatic rings. The molecular formula is C22H24N4O4. The third-order valence-electron chi connectivity index (χ3n) is 4.29. The SMILES string of the molecule is CCOC(=O)c1cc(C)cc(OC2=NC(Oc3cc(C(=N)N)ccc3C)=NCC2)c1. The van der Waals surface area contributed by atoms with E-state index >= 15 is 0 Å². The number of nitrogen functional groups attached to an aromatic ring is 1. The monoisotopic (exact) mass is 408 g/mol. The molecule has 0 aromatic heterocycles. The number of nitrogens with one attached hydrogen (secondary N) is 1. The zero-order valence-corrected chi connectivity index (χ0v) is 17.2. The van der Waals surface area contributed by atoms with Gasteiger partial charge in [0.25, 0.3) is 0 Å². The fourth-order valence-electron chi connectivity index (χ4n) is 2.83. The highest BCUT2D eigenvalue weighted by Crippen LogP contribution is 2.22. The van der Waals surface area contributed by atoms with E-state index in [2.05, 4.69) is 9.98 Å². The van der Waals surface area contributed by atoms with Crippen molar-refractivity contribution in [2.24, 2.45) is 15.7 Å². The Balaban J connectivity index is 1.78. The van der Waals surface area contributed by atoms with Gasteiger partial charge in [-0.3, -0.25) is 5.41 Å². The van der Waals surface area contributed by atoms with Crippen LogP contribution in [0.5, 0.6) is 11.5 Å². The summed E-state index contributed by atoms with van der Waals surface area (Å²) in [5.41, 5.74) is 8.26. The third kappa shape index (κ3) is 5.22. The third-order valence-corrected chi connectivity index (χ3v) is 4.29. The maximum absolute atomic E-state index is 12.0. The Labute approximate surface area is 174 Å². The van der Waals surface area contributed by atoms with Crippen LogP contribution in [0.3, 0.4) is 0 Å². The molecule has 8 heteroatoms. The number of carbonyl (C=O) groups is 1. The summed E-state index contributed by atoms with van der Waals surface area (Å²) in [5, 5.41) is 7.58. The maximum atomic E-state index is 12.0. The van der Waals surface area contributed by atoms with Gasteiger partial charge in [-0.15, -0.1) is 0 Å². The normalized spacial score (nSPS) is 13.2. The molecule has 0 bridgehead atoms. The van der Waals surface area contributed by atoms with Gasteiger partial charge in [0.05, 0.1) is 18.7 Å². The van der Waals surface area contributed by atoms with E-state index in [0.29, 0.717) is 48.1 Å². The zero-order valence-electron chi connectivity index (χ0n) is 17.2. The van der Waals surface area contributed by atoms with Crippen molar-refractivity contribution in [3.05, 3.63) is 58.7 Å². The predicted octanol–water partition coefficient (Wildman–Crippen LogP) is 3.38. The second-order valence-corrected chi connectivity index (χ2v) is 6.77. The first-order valence-electron chi connectivity index (χ1n) is 9.57. The lowest BCUT2D eigenvalue weighted by molar-refractivity contribution is 0.0526. The van der Waals surface area contributed by atoms with Crippen LogP contribution >= 0.6 is 0 Å². The number of benzene rings is 2. The van der Waals surface area contributed by atoms with Gasteiger partial charge in [-0.2, -0.15) is 4.99 Å². The van der Waals surface area contributed by atoms with Gasteiger partial charge in [-0.25, -0.2) is 9.79 Å². The van der Waals surface area contributed by atoms with Gasteiger partial charge in [0.2, 0.25) is 5.90 Å². The van der Waals surface area contributed by atoms with Gasteiger partial charge < -0.3 is 19.9 Å². The van der Waals surface area contributed by atoms with E-state index in [0.717, 1.165) is 11.1 Å². The van der Waals surface area contributed by atoms with Crippen molar-refractivity contribution in [1.29, 1.82) is 5.41 Å². The van der Waals surface area contributed by atoms with Crippen molar-refractivity contribution in [1.82, 2.24) is 0 Å². The molecule has 3 rings (SSSR count). The Bertz CT molecular complexity index is 1040. The smallest absolute Gasteiger partial charge is 0.338 e. The summed E-state index contributed by atoms with van der Waals surface area (Å²) < 4.78 is 16.8. The van der Waals surface area contributed by atoms with E-state index in [1.54, 1.807) is 31.2 Å². The van der Waals surface area contributed by atoms with Crippen molar-refractivity contribution in [3.63, 3.8) is 0 Å². The first-order valence-corrected chi connectivity index (χ1v) is 9.57. The number of rotatable bonds is 5. The van der Waals surface area contributed by atoms with Crippen LogP contribution < -0.4 is 15.2 Å². The van der Waals surface area contributed by atoms with Crippen molar-refractivity contribution in [3.8, 4) is 11.5 Å². The van der Waals surface area contributed by atoms with Crippen LogP contribution in [0.2, 0.25) is 0 Å². The van der Waals surface area contributed by atoms with Gasteiger partial charge in [-0.05, 0) is 56.2 Å². The number of esters is 1. The van der Waals surface area contributed by atoms with Gasteiger partial charge in [0.15, 0.2) is 0 Å². The Hall–Kier alpha value is -3.68. The summed E-state index contributed by atoms with van der Waals surface area (Å²) in [6.07, 6.45) is 0.502. The summed E-state index contributed by atoms with van der Waals surface area (Å²) >= 11 is 0. The number of nitrogens with zero attached hydrogens (tertiary/aromatic N) is 2. The molecule has 8 nitrogen and oxygen atoms in total. The Morgan fingerprint density at radius 3 is 2.67 bits per heavy atom. The highest BCUT2D eigenvalue weighted by atomic mass is 16.5. The molecule has 0 radical (unpaired) electrons. The van der Waals surface area contributed by atoms with Crippen LogP contribution in [0.25, 0.3) is 0 Å². The van der Waals surface area contributed by atoms with Crippen LogP contribution in [0, 0.1) is 19.3 Å². The lowest BCUT2D eigenvalue weighted by Gasteiger charge is -2.15. The van der Waals surface area contributed by atoms with Gasteiger partial charge in [-0.1, -0.05) is 12.1 Å². The van der Waals surface area contributed by atoms with Crippen molar-refractivity contribution in [2.45, 2.75) is 27.2 Å². The number of amidine groups is 2. The van der Waals surface area contributed by atoms with Gasteiger partial charge in [0, 0.05) is 12.0 Å². The molecule has 0 unspecified atom stereocenters. The van der Waals surface area contributed by atoms with Crippen molar-refractivity contribution in [2.75, 3.05) is 13.2 Å². The number of ether oxygens (including phenoxy) is 3. The predicted molar refractivity (Wildman–Crippen MR) is 115 cm³/mol. The summed E-state index contributed by atoms with van der Waals surface area (Å²) in [4.78, 5) is 20.7. The molecule has 30 heavy (non-hydrogen) atoms. The molecule has 0 saturated carbocycles. The minimum absolute atomic E-state index is 0.0465. The molecule has 0 saturated heterocycles. The molecule has 1 heterocycles. The average Bonchev–Trinajstić information content (AvgIpc) is 2.69. The fourth-order valence-corrected chi connectivity index (χ4v) is 2.83. The van der Waals surface area contributed by atoms with Crippen LogP contribution in [0.4, 0.5) is 0 Å². The standard InChI is InChI=1S/C22H24N4O4/c1-4-28-21(27)16-9-13(2)10-17(11-16)29-19-7-8-25-22(26-19)30-18-12-15(20(23)24)6-5-14(18)3/h5-6,9-12H,4,7-8H2,1-3H3,(H3,23,24). The van der Waals surface area contributed by atoms with Crippen LogP contribution in [0.15, 0.2) is 46.4 Å². The number of carbonyl (C=O) groups excluding carboxylic acids is 1. The Morgan fingerprint density at radius 2 is 1.93 bits per heavy atom. The van der Waals surface area contributed by atoms with E-state index in [1.807, 2.05) is 26.0 Å².